The number of hydrogen-bond acceptors (Lipinski definition) is 3. The summed E-state index contributed by atoms with van der Waals surface area (Å²) < 4.78 is 26.3. The van der Waals surface area contributed by atoms with Crippen molar-refractivity contribution in [2.45, 2.75) is 34.6 Å². The van der Waals surface area contributed by atoms with Gasteiger partial charge in [-0.25, -0.2) is 4.57 Å². The van der Waals surface area contributed by atoms with E-state index in [0.717, 1.165) is 27.8 Å². The molecule has 0 heterocycles. The molecule has 0 fully saturated rings. The van der Waals surface area contributed by atoms with E-state index in [1.807, 2.05) is 95.3 Å². The van der Waals surface area contributed by atoms with Gasteiger partial charge in [0, 0.05) is 0 Å². The highest BCUT2D eigenvalue weighted by Crippen LogP contribution is 2.50. The van der Waals surface area contributed by atoms with Gasteiger partial charge in [0.1, 0.15) is 11.5 Å². The molecule has 0 amide bonds. The summed E-state index contributed by atoms with van der Waals surface area (Å²) in [7, 11) is -3.65. The molecule has 3 aromatic carbocycles. The molecular formula is C23H25O3P. The summed E-state index contributed by atoms with van der Waals surface area (Å²) in [6.45, 7) is 9.86. The third kappa shape index (κ3) is 3.94. The van der Waals surface area contributed by atoms with Crippen LogP contribution in [0.3, 0.4) is 0 Å². The van der Waals surface area contributed by atoms with Crippen LogP contribution in [0.1, 0.15) is 27.8 Å². The van der Waals surface area contributed by atoms with E-state index in [1.54, 1.807) is 0 Å². The molecule has 0 saturated heterocycles. The van der Waals surface area contributed by atoms with Gasteiger partial charge in [0.15, 0.2) is 0 Å². The summed E-state index contributed by atoms with van der Waals surface area (Å²) in [6.07, 6.45) is 0. The highest BCUT2D eigenvalue weighted by molar-refractivity contribution is 7.63. The topological polar surface area (TPSA) is 35.5 Å². The van der Waals surface area contributed by atoms with E-state index in [1.165, 1.54) is 0 Å². The molecule has 0 N–H and O–H groups in total. The standard InChI is InChI=1S/C23H25O3P/c1-16-11-8-13-21(19(16)4)25-27(24,23-15-7-6-10-18(23)3)26-22-14-9-12-17(2)20(22)5/h6-15H,1-5H3. The lowest BCUT2D eigenvalue weighted by Crippen LogP contribution is -2.18. The molecule has 3 aromatic rings. The summed E-state index contributed by atoms with van der Waals surface area (Å²) in [5, 5.41) is 0.576. The molecule has 140 valence electrons. The van der Waals surface area contributed by atoms with Crippen molar-refractivity contribution in [2.24, 2.45) is 0 Å². The van der Waals surface area contributed by atoms with Crippen molar-refractivity contribution in [1.29, 1.82) is 0 Å². The van der Waals surface area contributed by atoms with Crippen LogP contribution in [0.4, 0.5) is 0 Å². The number of rotatable bonds is 5. The van der Waals surface area contributed by atoms with Crippen molar-refractivity contribution in [3.05, 3.63) is 88.5 Å². The van der Waals surface area contributed by atoms with Crippen LogP contribution >= 0.6 is 7.60 Å². The number of benzene rings is 3. The predicted molar refractivity (Wildman–Crippen MR) is 112 cm³/mol. The molecule has 0 bridgehead atoms. The second-order valence-electron chi connectivity index (χ2n) is 6.86. The van der Waals surface area contributed by atoms with Crippen molar-refractivity contribution >= 4 is 12.9 Å². The summed E-state index contributed by atoms with van der Waals surface area (Å²) in [4.78, 5) is 0. The van der Waals surface area contributed by atoms with Gasteiger partial charge in [-0.05, 0) is 80.6 Å². The lowest BCUT2D eigenvalue weighted by Gasteiger charge is -2.24. The van der Waals surface area contributed by atoms with E-state index in [4.69, 9.17) is 9.05 Å². The highest BCUT2D eigenvalue weighted by Gasteiger charge is 2.34. The summed E-state index contributed by atoms with van der Waals surface area (Å²) >= 11 is 0. The van der Waals surface area contributed by atoms with E-state index >= 15 is 0 Å². The zero-order valence-electron chi connectivity index (χ0n) is 16.4. The minimum absolute atomic E-state index is 0.576. The van der Waals surface area contributed by atoms with Crippen molar-refractivity contribution in [3.63, 3.8) is 0 Å². The van der Waals surface area contributed by atoms with Gasteiger partial charge < -0.3 is 9.05 Å². The molecular weight excluding hydrogens is 355 g/mol. The highest BCUT2D eigenvalue weighted by atomic mass is 31.2. The van der Waals surface area contributed by atoms with Crippen LogP contribution in [0.2, 0.25) is 0 Å². The molecule has 0 aliphatic rings. The maximum Gasteiger partial charge on any atom is 0.463 e. The van der Waals surface area contributed by atoms with E-state index in [-0.39, 0.29) is 0 Å². The van der Waals surface area contributed by atoms with Gasteiger partial charge in [0.05, 0.1) is 5.30 Å². The maximum atomic E-state index is 14.1. The average Bonchev–Trinajstić information content (AvgIpc) is 2.63. The van der Waals surface area contributed by atoms with Crippen LogP contribution in [0, 0.1) is 34.6 Å². The lowest BCUT2D eigenvalue weighted by atomic mass is 10.1. The van der Waals surface area contributed by atoms with Gasteiger partial charge in [-0.1, -0.05) is 42.5 Å². The Morgan fingerprint density at radius 3 is 1.52 bits per heavy atom. The minimum atomic E-state index is -3.65. The fourth-order valence-electron chi connectivity index (χ4n) is 2.89. The average molecular weight is 380 g/mol. The van der Waals surface area contributed by atoms with Crippen LogP contribution in [0.25, 0.3) is 0 Å². The van der Waals surface area contributed by atoms with Crippen molar-refractivity contribution in [1.82, 2.24) is 0 Å². The van der Waals surface area contributed by atoms with E-state index in [9.17, 15) is 4.57 Å². The quantitative estimate of drug-likeness (QED) is 0.494. The molecule has 0 atom stereocenters. The number of aryl methyl sites for hydroxylation is 3. The summed E-state index contributed by atoms with van der Waals surface area (Å²) in [5.74, 6) is 1.15. The first kappa shape index (κ1) is 19.3. The lowest BCUT2D eigenvalue weighted by molar-refractivity contribution is 0.396. The molecule has 0 aliphatic carbocycles. The minimum Gasteiger partial charge on any atom is -0.413 e. The van der Waals surface area contributed by atoms with Gasteiger partial charge in [-0.3, -0.25) is 0 Å². The normalized spacial score (nSPS) is 11.3. The van der Waals surface area contributed by atoms with Crippen molar-refractivity contribution in [2.75, 3.05) is 0 Å². The van der Waals surface area contributed by atoms with Crippen LogP contribution in [0.5, 0.6) is 11.5 Å². The molecule has 0 aromatic heterocycles. The van der Waals surface area contributed by atoms with E-state index in [0.29, 0.717) is 16.8 Å². The molecule has 27 heavy (non-hydrogen) atoms. The molecule has 3 rings (SSSR count). The van der Waals surface area contributed by atoms with Crippen LogP contribution in [0.15, 0.2) is 60.7 Å². The smallest absolute Gasteiger partial charge is 0.413 e. The first-order valence-electron chi connectivity index (χ1n) is 8.99. The molecule has 0 aliphatic heterocycles. The van der Waals surface area contributed by atoms with Crippen LogP contribution < -0.4 is 14.4 Å². The van der Waals surface area contributed by atoms with Crippen molar-refractivity contribution in [3.8, 4) is 11.5 Å². The van der Waals surface area contributed by atoms with Crippen LogP contribution in [-0.2, 0) is 4.57 Å². The van der Waals surface area contributed by atoms with E-state index < -0.39 is 7.60 Å². The SMILES string of the molecule is Cc1ccccc1P(=O)(Oc1cccc(C)c1C)Oc1cccc(C)c1C. The van der Waals surface area contributed by atoms with Crippen LogP contribution in [-0.4, -0.2) is 0 Å². The van der Waals surface area contributed by atoms with Gasteiger partial charge in [-0.15, -0.1) is 0 Å². The summed E-state index contributed by atoms with van der Waals surface area (Å²) in [6, 6.07) is 19.0. The fourth-order valence-corrected chi connectivity index (χ4v) is 4.82. The Labute approximate surface area is 161 Å². The molecule has 0 saturated carbocycles. The third-order valence-corrected chi connectivity index (χ3v) is 6.92. The fraction of sp³-hybridized carbons (Fsp3) is 0.217. The molecule has 3 nitrogen and oxygen atoms in total. The van der Waals surface area contributed by atoms with Gasteiger partial charge in [-0.2, -0.15) is 0 Å². The Morgan fingerprint density at radius 2 is 1.04 bits per heavy atom. The zero-order valence-corrected chi connectivity index (χ0v) is 17.3. The molecule has 0 unspecified atom stereocenters. The zero-order chi connectivity index (χ0) is 19.6. The number of hydrogen-bond donors (Lipinski definition) is 0. The van der Waals surface area contributed by atoms with E-state index in [2.05, 4.69) is 0 Å². The van der Waals surface area contributed by atoms with Crippen molar-refractivity contribution < 1.29 is 13.6 Å². The molecule has 0 spiro atoms. The Bertz CT molecular complexity index is 966. The van der Waals surface area contributed by atoms with Gasteiger partial charge >= 0.3 is 7.60 Å². The molecule has 4 heteroatoms. The largest absolute Gasteiger partial charge is 0.463 e. The molecule has 0 radical (unpaired) electrons. The second kappa shape index (κ2) is 7.62. The first-order valence-corrected chi connectivity index (χ1v) is 10.5. The Morgan fingerprint density at radius 1 is 0.593 bits per heavy atom. The Balaban J connectivity index is 2.12. The third-order valence-electron chi connectivity index (χ3n) is 4.96. The Kier molecular flexibility index (Phi) is 5.43. The maximum absolute atomic E-state index is 14.1. The van der Waals surface area contributed by atoms with Gasteiger partial charge in [0.25, 0.3) is 0 Å². The summed E-state index contributed by atoms with van der Waals surface area (Å²) in [5.41, 5.74) is 4.94. The Hall–Kier alpha value is -2.51. The first-order chi connectivity index (χ1) is 12.8. The predicted octanol–water partition coefficient (Wildman–Crippen LogP) is 6.21. The second-order valence-corrected chi connectivity index (χ2v) is 8.70. The monoisotopic (exact) mass is 380 g/mol. The van der Waals surface area contributed by atoms with Gasteiger partial charge in [0.2, 0.25) is 0 Å².